The van der Waals surface area contributed by atoms with Crippen LogP contribution in [0.15, 0.2) is 97.1 Å². The minimum absolute atomic E-state index is 0.0840. The maximum Gasteiger partial charge on any atom is 0.251 e. The van der Waals surface area contributed by atoms with Gasteiger partial charge in [0.15, 0.2) is 0 Å². The number of carbonyl (C=O) groups excluding carboxylic acids is 2. The Labute approximate surface area is 236 Å². The third kappa shape index (κ3) is 6.17. The molecule has 1 heterocycles. The molecule has 1 aromatic heterocycles. The van der Waals surface area contributed by atoms with Crippen molar-refractivity contribution in [3.8, 4) is 11.5 Å². The second kappa shape index (κ2) is 12.3. The van der Waals surface area contributed by atoms with Gasteiger partial charge in [0, 0.05) is 12.6 Å². The highest BCUT2D eigenvalue weighted by Crippen LogP contribution is 2.32. The summed E-state index contributed by atoms with van der Waals surface area (Å²) in [4.78, 5) is 29.5. The zero-order valence-electron chi connectivity index (χ0n) is 22.5. The van der Waals surface area contributed by atoms with Gasteiger partial charge in [0.25, 0.3) is 5.91 Å². The number of para-hydroxylation sites is 1. The van der Waals surface area contributed by atoms with E-state index < -0.39 is 23.7 Å². The van der Waals surface area contributed by atoms with Gasteiger partial charge in [-0.25, -0.2) is 9.07 Å². The molecule has 0 saturated heterocycles. The van der Waals surface area contributed by atoms with Crippen LogP contribution in [0.3, 0.4) is 0 Å². The first kappa shape index (κ1) is 27.3. The highest BCUT2D eigenvalue weighted by Gasteiger charge is 2.33. The van der Waals surface area contributed by atoms with Crippen LogP contribution in [0.5, 0.6) is 11.5 Å². The van der Waals surface area contributed by atoms with Crippen LogP contribution < -0.4 is 14.8 Å². The molecule has 208 valence electrons. The normalized spacial score (nSPS) is 11.6. The topological polar surface area (TPSA) is 98.6 Å². The number of amides is 2. The molecular weight excluding hydrogens is 525 g/mol. The number of hydrogen-bond donors (Lipinski definition) is 1. The summed E-state index contributed by atoms with van der Waals surface area (Å²) in [7, 11) is 3.00. The Kier molecular flexibility index (Phi) is 8.19. The van der Waals surface area contributed by atoms with E-state index in [2.05, 4.69) is 15.6 Å². The number of ether oxygens (including phenoxy) is 2. The first-order chi connectivity index (χ1) is 20.0. The lowest BCUT2D eigenvalue weighted by Gasteiger charge is -2.32. The molecule has 0 bridgehead atoms. The van der Waals surface area contributed by atoms with Crippen molar-refractivity contribution in [1.29, 1.82) is 0 Å². The number of methoxy groups -OCH3 is 2. The summed E-state index contributed by atoms with van der Waals surface area (Å²) in [5.74, 6) is -0.577. The maximum absolute atomic E-state index is 14.5. The third-order valence-corrected chi connectivity index (χ3v) is 6.61. The molecule has 0 spiro atoms. The number of halogens is 1. The molecule has 0 fully saturated rings. The van der Waals surface area contributed by atoms with Crippen LogP contribution in [0, 0.1) is 5.82 Å². The zero-order valence-corrected chi connectivity index (χ0v) is 22.5. The first-order valence-electron chi connectivity index (χ1n) is 12.9. The van der Waals surface area contributed by atoms with Gasteiger partial charge in [-0.15, -0.1) is 5.10 Å². The first-order valence-corrected chi connectivity index (χ1v) is 12.9. The van der Waals surface area contributed by atoms with E-state index in [1.165, 1.54) is 42.0 Å². The van der Waals surface area contributed by atoms with E-state index in [4.69, 9.17) is 9.47 Å². The van der Waals surface area contributed by atoms with Crippen molar-refractivity contribution in [2.75, 3.05) is 19.5 Å². The Bertz CT molecular complexity index is 1670. The van der Waals surface area contributed by atoms with Gasteiger partial charge in [0.1, 0.15) is 35.4 Å². The number of fused-ring (bicyclic) bond motifs is 1. The van der Waals surface area contributed by atoms with Gasteiger partial charge in [0.05, 0.1) is 25.4 Å². The lowest BCUT2D eigenvalue weighted by atomic mass is 10.0. The maximum atomic E-state index is 14.5. The zero-order chi connectivity index (χ0) is 28.8. The van der Waals surface area contributed by atoms with E-state index >= 15 is 0 Å². The standard InChI is InChI=1S/C31H28FN5O4/c1-40-24-15-16-26(28(18-24)41-2)33-31(39)30(22-11-8-12-23(32)17-22)36(19-21-9-4-3-5-10-21)29(38)20-37-27-14-7-6-13-25(27)34-35-37/h3-18,30H,19-20H2,1-2H3,(H,33,39). The van der Waals surface area contributed by atoms with E-state index in [1.807, 2.05) is 48.5 Å². The molecule has 10 heteroatoms. The number of nitrogens with zero attached hydrogens (tertiary/aromatic N) is 4. The molecule has 0 aliphatic heterocycles. The van der Waals surface area contributed by atoms with Crippen LogP contribution in [0.1, 0.15) is 17.2 Å². The van der Waals surface area contributed by atoms with Gasteiger partial charge in [-0.05, 0) is 47.5 Å². The van der Waals surface area contributed by atoms with E-state index in [0.29, 0.717) is 33.8 Å². The Morgan fingerprint density at radius 3 is 2.46 bits per heavy atom. The average molecular weight is 554 g/mol. The molecule has 5 rings (SSSR count). The Morgan fingerprint density at radius 1 is 0.927 bits per heavy atom. The molecule has 1 N–H and O–H groups in total. The van der Waals surface area contributed by atoms with Crippen molar-refractivity contribution >= 4 is 28.5 Å². The number of aromatic nitrogens is 3. The van der Waals surface area contributed by atoms with E-state index in [1.54, 1.807) is 30.3 Å². The molecule has 0 aliphatic carbocycles. The van der Waals surface area contributed by atoms with E-state index in [0.717, 1.165) is 5.56 Å². The number of carbonyl (C=O) groups is 2. The molecule has 41 heavy (non-hydrogen) atoms. The van der Waals surface area contributed by atoms with Crippen molar-refractivity contribution in [3.05, 3.63) is 114 Å². The van der Waals surface area contributed by atoms with Crippen LogP contribution in [0.25, 0.3) is 11.0 Å². The van der Waals surface area contributed by atoms with Crippen molar-refractivity contribution in [2.45, 2.75) is 19.1 Å². The molecule has 0 saturated carbocycles. The summed E-state index contributed by atoms with van der Waals surface area (Å²) < 4.78 is 26.7. The van der Waals surface area contributed by atoms with Crippen LogP contribution in [-0.2, 0) is 22.7 Å². The number of benzene rings is 4. The SMILES string of the molecule is COc1ccc(NC(=O)C(c2cccc(F)c2)N(Cc2ccccc2)C(=O)Cn2nnc3ccccc32)c(OC)c1. The molecule has 0 aliphatic rings. The molecule has 1 unspecified atom stereocenters. The minimum atomic E-state index is -1.19. The molecular formula is C31H28FN5O4. The predicted octanol–water partition coefficient (Wildman–Crippen LogP) is 5.00. The van der Waals surface area contributed by atoms with Crippen LogP contribution in [0.2, 0.25) is 0 Å². The minimum Gasteiger partial charge on any atom is -0.497 e. The fraction of sp³-hybridized carbons (Fsp3) is 0.161. The van der Waals surface area contributed by atoms with Crippen molar-refractivity contribution < 1.29 is 23.5 Å². The van der Waals surface area contributed by atoms with Gasteiger partial charge >= 0.3 is 0 Å². The van der Waals surface area contributed by atoms with E-state index in [-0.39, 0.29) is 13.1 Å². The van der Waals surface area contributed by atoms with Crippen molar-refractivity contribution in [3.63, 3.8) is 0 Å². The summed E-state index contributed by atoms with van der Waals surface area (Å²) in [6.07, 6.45) is 0. The third-order valence-electron chi connectivity index (χ3n) is 6.61. The number of hydrogen-bond acceptors (Lipinski definition) is 6. The monoisotopic (exact) mass is 553 g/mol. The summed E-state index contributed by atoms with van der Waals surface area (Å²) in [6.45, 7) is -0.0983. The van der Waals surface area contributed by atoms with Gasteiger partial charge in [0.2, 0.25) is 5.91 Å². The fourth-order valence-electron chi connectivity index (χ4n) is 4.61. The van der Waals surface area contributed by atoms with Crippen molar-refractivity contribution in [1.82, 2.24) is 19.9 Å². The van der Waals surface area contributed by atoms with E-state index in [9.17, 15) is 14.0 Å². The Hall–Kier alpha value is -5.25. The van der Waals surface area contributed by atoms with Gasteiger partial charge in [-0.1, -0.05) is 59.8 Å². The molecule has 1 atom stereocenters. The molecule has 4 aromatic carbocycles. The smallest absolute Gasteiger partial charge is 0.251 e. The molecule has 9 nitrogen and oxygen atoms in total. The fourth-order valence-corrected chi connectivity index (χ4v) is 4.61. The lowest BCUT2D eigenvalue weighted by Crippen LogP contribution is -2.42. The average Bonchev–Trinajstić information content (AvgIpc) is 3.40. The summed E-state index contributed by atoms with van der Waals surface area (Å²) in [5, 5.41) is 11.2. The highest BCUT2D eigenvalue weighted by atomic mass is 19.1. The van der Waals surface area contributed by atoms with Crippen LogP contribution in [0.4, 0.5) is 10.1 Å². The second-order valence-electron chi connectivity index (χ2n) is 9.26. The van der Waals surface area contributed by atoms with Gasteiger partial charge < -0.3 is 19.7 Å². The van der Waals surface area contributed by atoms with Gasteiger partial charge in [-0.2, -0.15) is 0 Å². The molecule has 2 amide bonds. The largest absolute Gasteiger partial charge is 0.497 e. The lowest BCUT2D eigenvalue weighted by molar-refractivity contribution is -0.140. The van der Waals surface area contributed by atoms with Gasteiger partial charge in [-0.3, -0.25) is 9.59 Å². The van der Waals surface area contributed by atoms with Crippen LogP contribution in [-0.4, -0.2) is 45.9 Å². The molecule has 5 aromatic rings. The van der Waals surface area contributed by atoms with Crippen LogP contribution >= 0.6 is 0 Å². The quantitative estimate of drug-likeness (QED) is 0.262. The number of anilines is 1. The summed E-state index contributed by atoms with van der Waals surface area (Å²) in [5.41, 5.74) is 2.79. The predicted molar refractivity (Wildman–Crippen MR) is 152 cm³/mol. The molecule has 0 radical (unpaired) electrons. The Morgan fingerprint density at radius 2 is 1.71 bits per heavy atom. The van der Waals surface area contributed by atoms with Crippen molar-refractivity contribution in [2.24, 2.45) is 0 Å². The summed E-state index contributed by atoms with van der Waals surface area (Å²) >= 11 is 0. The highest BCUT2D eigenvalue weighted by molar-refractivity contribution is 5.99. The second-order valence-corrected chi connectivity index (χ2v) is 9.26. The Balaban J connectivity index is 1.56. The summed E-state index contributed by atoms with van der Waals surface area (Å²) in [6, 6.07) is 26.0. The number of rotatable bonds is 10. The number of nitrogens with one attached hydrogen (secondary N) is 1.